The molecule has 4 heterocycles. The van der Waals surface area contributed by atoms with Crippen LogP contribution in [0.2, 0.25) is 0 Å². The number of nitrogens with two attached hydrogens (primary N) is 2. The van der Waals surface area contributed by atoms with Crippen molar-refractivity contribution < 1.29 is 28.9 Å². The van der Waals surface area contributed by atoms with Crippen molar-refractivity contribution in [2.24, 2.45) is 10.9 Å². The van der Waals surface area contributed by atoms with Crippen LogP contribution in [0.5, 0.6) is 0 Å². The zero-order valence-electron chi connectivity index (χ0n) is 19.0. The number of aliphatic carboxylic acids is 1. The second-order valence-corrected chi connectivity index (χ2v) is 9.50. The van der Waals surface area contributed by atoms with Gasteiger partial charge in [-0.1, -0.05) is 11.2 Å². The van der Waals surface area contributed by atoms with Crippen LogP contribution in [0.4, 0.5) is 5.13 Å². The Kier molecular flexibility index (Phi) is 7.61. The number of amides is 2. The summed E-state index contributed by atoms with van der Waals surface area (Å²) in [5.41, 5.74) is 12.2. The van der Waals surface area contributed by atoms with E-state index in [1.165, 1.54) is 18.9 Å². The molecule has 0 aromatic carbocycles. The number of carboxylic acids is 1. The molecule has 13 nitrogen and oxygen atoms in total. The average molecular weight is 531 g/mol. The van der Waals surface area contributed by atoms with Gasteiger partial charge in [0.15, 0.2) is 24.1 Å². The fourth-order valence-electron chi connectivity index (χ4n) is 3.70. The van der Waals surface area contributed by atoms with Gasteiger partial charge in [0.2, 0.25) is 11.5 Å². The molecule has 2 atom stereocenters. The molecule has 15 heteroatoms. The number of aromatic nitrogens is 3. The van der Waals surface area contributed by atoms with Crippen molar-refractivity contribution in [1.29, 1.82) is 0 Å². The quantitative estimate of drug-likeness (QED) is 0.140. The van der Waals surface area contributed by atoms with Crippen molar-refractivity contribution in [3.05, 3.63) is 59.3 Å². The number of thioether (sulfide) groups is 1. The lowest BCUT2D eigenvalue weighted by molar-refractivity contribution is -0.687. The van der Waals surface area contributed by atoms with Crippen LogP contribution in [0.15, 0.2) is 53.1 Å². The summed E-state index contributed by atoms with van der Waals surface area (Å²) in [6, 6.07) is 2.81. The summed E-state index contributed by atoms with van der Waals surface area (Å²) in [5.74, 6) is -2.56. The van der Waals surface area contributed by atoms with Gasteiger partial charge in [0, 0.05) is 35.5 Å². The first kappa shape index (κ1) is 25.3. The van der Waals surface area contributed by atoms with Gasteiger partial charge in [-0.2, -0.15) is 9.36 Å². The summed E-state index contributed by atoms with van der Waals surface area (Å²) in [6.07, 6.45) is 7.22. The van der Waals surface area contributed by atoms with E-state index in [0.717, 1.165) is 22.0 Å². The van der Waals surface area contributed by atoms with Gasteiger partial charge < -0.3 is 31.5 Å². The average Bonchev–Trinajstić information content (AvgIpc) is 3.30. The highest BCUT2D eigenvalue weighted by molar-refractivity contribution is 8.00. The molecule has 0 radical (unpaired) electrons. The first-order chi connectivity index (χ1) is 17.3. The van der Waals surface area contributed by atoms with Crippen LogP contribution >= 0.6 is 23.3 Å². The smallest absolute Gasteiger partial charge is 0.278 e. The van der Waals surface area contributed by atoms with Crippen molar-refractivity contribution in [2.45, 2.75) is 24.5 Å². The van der Waals surface area contributed by atoms with Gasteiger partial charge in [-0.05, 0) is 17.7 Å². The van der Waals surface area contributed by atoms with E-state index in [-0.39, 0.29) is 22.4 Å². The Labute approximate surface area is 213 Å². The van der Waals surface area contributed by atoms with E-state index in [1.807, 2.05) is 29.1 Å². The molecule has 1 fully saturated rings. The molecule has 2 aliphatic rings. The van der Waals surface area contributed by atoms with E-state index >= 15 is 0 Å². The Hall–Kier alpha value is -3.82. The molecule has 36 heavy (non-hydrogen) atoms. The molecule has 2 aromatic rings. The number of nitrogen functional groups attached to an aromatic ring is 1. The number of nitrogens with zero attached hydrogens (tertiary/aromatic N) is 5. The molecule has 1 saturated heterocycles. The summed E-state index contributed by atoms with van der Waals surface area (Å²) >= 11 is 2.19. The SMILES string of the molecule is CO/N=C(\C(=O)NC1C(=O)N2C(C(=O)[O-])=C(/C=C/C[n+]3cccc(CN)c3)CS[C@H]12)c1nsc(N)n1. The highest BCUT2D eigenvalue weighted by Crippen LogP contribution is 2.40. The van der Waals surface area contributed by atoms with Gasteiger partial charge in [0.25, 0.3) is 11.8 Å². The number of hydrogen-bond acceptors (Lipinski definition) is 12. The lowest BCUT2D eigenvalue weighted by atomic mass is 10.0. The van der Waals surface area contributed by atoms with Crippen LogP contribution in [0, 0.1) is 0 Å². The van der Waals surface area contributed by atoms with Crippen LogP contribution in [0.3, 0.4) is 0 Å². The van der Waals surface area contributed by atoms with Gasteiger partial charge in [-0.15, -0.1) is 11.8 Å². The topological polar surface area (TPSA) is 193 Å². The van der Waals surface area contributed by atoms with E-state index in [4.69, 9.17) is 16.3 Å². The Balaban J connectivity index is 1.48. The monoisotopic (exact) mass is 530 g/mol. The summed E-state index contributed by atoms with van der Waals surface area (Å²) < 4.78 is 5.84. The second-order valence-electron chi connectivity index (χ2n) is 7.62. The predicted molar refractivity (Wildman–Crippen MR) is 129 cm³/mol. The summed E-state index contributed by atoms with van der Waals surface area (Å²) in [7, 11) is 1.25. The fraction of sp³-hybridized carbons (Fsp3) is 0.286. The zero-order chi connectivity index (χ0) is 25.8. The van der Waals surface area contributed by atoms with E-state index < -0.39 is 29.2 Å². The van der Waals surface area contributed by atoms with E-state index in [0.29, 0.717) is 24.4 Å². The molecular formula is C21H22N8O5S2. The Morgan fingerprint density at radius 2 is 2.28 bits per heavy atom. The van der Waals surface area contributed by atoms with Gasteiger partial charge in [-0.3, -0.25) is 14.5 Å². The first-order valence-electron chi connectivity index (χ1n) is 10.6. The lowest BCUT2D eigenvalue weighted by Crippen LogP contribution is -2.71. The number of carboxylic acid groups (broad SMARTS) is 1. The normalized spacial score (nSPS) is 19.8. The number of allylic oxidation sites excluding steroid dienone is 2. The van der Waals surface area contributed by atoms with Crippen LogP contribution in [-0.2, 0) is 32.3 Å². The maximum Gasteiger partial charge on any atom is 0.278 e. The van der Waals surface area contributed by atoms with Crippen molar-refractivity contribution in [3.8, 4) is 0 Å². The molecule has 2 amide bonds. The lowest BCUT2D eigenvalue weighted by Gasteiger charge is -2.50. The molecule has 2 aromatic heterocycles. The highest BCUT2D eigenvalue weighted by atomic mass is 32.2. The van der Waals surface area contributed by atoms with Crippen LogP contribution in [0.25, 0.3) is 0 Å². The fourth-order valence-corrected chi connectivity index (χ4v) is 5.46. The first-order valence-corrected chi connectivity index (χ1v) is 12.4. The summed E-state index contributed by atoms with van der Waals surface area (Å²) in [4.78, 5) is 47.4. The standard InChI is InChI=1S/C21H22N8O5S2/c1-34-26-13(16-25-21(23)36-27-16)17(30)24-14-18(31)29-15(20(32)33)12(10-35-19(14)29)5-3-7-28-6-2-4-11(8-22)9-28/h2-6,9,14,19H,7-8,10,22H2,1H3,(H3-,23,24,25,27,30,32,33)/b5-3+,26-13-/t14?,19-/m1/s1. The number of rotatable bonds is 9. The number of β-lactam (4-membered cyclic amide) rings is 1. The maximum absolute atomic E-state index is 12.9. The number of carbonyl (C=O) groups excluding carboxylic acids is 3. The number of pyridine rings is 1. The minimum Gasteiger partial charge on any atom is -0.543 e. The van der Waals surface area contributed by atoms with Gasteiger partial charge in [-0.25, -0.2) is 4.57 Å². The number of carbonyl (C=O) groups is 3. The van der Waals surface area contributed by atoms with Crippen LogP contribution < -0.4 is 26.5 Å². The highest BCUT2D eigenvalue weighted by Gasteiger charge is 2.53. The molecule has 0 saturated carbocycles. The predicted octanol–water partition coefficient (Wildman–Crippen LogP) is -2.12. The van der Waals surface area contributed by atoms with Crippen LogP contribution in [-0.4, -0.2) is 62.0 Å². The molecule has 0 spiro atoms. The minimum absolute atomic E-state index is 0.0469. The van der Waals surface area contributed by atoms with E-state index in [2.05, 4.69) is 19.8 Å². The molecule has 188 valence electrons. The molecule has 4 rings (SSSR count). The van der Waals surface area contributed by atoms with E-state index in [9.17, 15) is 19.5 Å². The molecule has 1 unspecified atom stereocenters. The molecule has 5 N–H and O–H groups in total. The molecule has 2 aliphatic heterocycles. The number of fused-ring (bicyclic) bond motifs is 1. The van der Waals surface area contributed by atoms with Crippen molar-refractivity contribution in [2.75, 3.05) is 18.6 Å². The number of anilines is 1. The second kappa shape index (κ2) is 10.8. The van der Waals surface area contributed by atoms with Crippen molar-refractivity contribution >= 4 is 51.9 Å². The van der Waals surface area contributed by atoms with Gasteiger partial charge >= 0.3 is 0 Å². The maximum atomic E-state index is 12.9. The minimum atomic E-state index is -1.47. The van der Waals surface area contributed by atoms with Crippen molar-refractivity contribution in [3.63, 3.8) is 0 Å². The zero-order valence-corrected chi connectivity index (χ0v) is 20.6. The molecular weight excluding hydrogens is 508 g/mol. The number of hydrogen-bond donors (Lipinski definition) is 3. The van der Waals surface area contributed by atoms with Crippen LogP contribution in [0.1, 0.15) is 11.4 Å². The largest absolute Gasteiger partial charge is 0.543 e. The third-order valence-corrected chi connectivity index (χ3v) is 7.16. The Morgan fingerprint density at radius 3 is 2.94 bits per heavy atom. The van der Waals surface area contributed by atoms with E-state index in [1.54, 1.807) is 12.2 Å². The Bertz CT molecular complexity index is 1290. The molecule has 0 aliphatic carbocycles. The summed E-state index contributed by atoms with van der Waals surface area (Å²) in [6.45, 7) is 0.889. The summed E-state index contributed by atoms with van der Waals surface area (Å²) in [5, 5.41) is 17.7. The number of nitrogens with one attached hydrogen (secondary N) is 1. The Morgan fingerprint density at radius 1 is 1.47 bits per heavy atom. The van der Waals surface area contributed by atoms with Crippen molar-refractivity contribution in [1.82, 2.24) is 19.6 Å². The number of oxime groups is 1. The third-order valence-electron chi connectivity index (χ3n) is 5.32. The van der Waals surface area contributed by atoms with Gasteiger partial charge in [0.1, 0.15) is 18.5 Å². The molecule has 0 bridgehead atoms. The van der Waals surface area contributed by atoms with Gasteiger partial charge in [0.05, 0.1) is 11.7 Å². The third kappa shape index (κ3) is 5.07.